The van der Waals surface area contributed by atoms with Crippen LogP contribution in [0.5, 0.6) is 5.75 Å². The summed E-state index contributed by atoms with van der Waals surface area (Å²) >= 11 is 0. The van der Waals surface area contributed by atoms with Crippen molar-refractivity contribution in [2.45, 2.75) is 45.1 Å². The number of piperidine rings is 1. The van der Waals surface area contributed by atoms with Crippen LogP contribution in [0.4, 0.5) is 0 Å². The van der Waals surface area contributed by atoms with Crippen molar-refractivity contribution in [3.8, 4) is 5.75 Å². The molecule has 1 aromatic rings. The molecule has 1 heterocycles. The van der Waals surface area contributed by atoms with Crippen molar-refractivity contribution < 1.29 is 9.53 Å². The highest BCUT2D eigenvalue weighted by atomic mass is 16.5. The van der Waals surface area contributed by atoms with Crippen LogP contribution in [0, 0.1) is 5.92 Å². The van der Waals surface area contributed by atoms with Crippen molar-refractivity contribution in [2.75, 3.05) is 6.54 Å². The quantitative estimate of drug-likeness (QED) is 0.843. The van der Waals surface area contributed by atoms with Crippen LogP contribution >= 0.6 is 0 Å². The third-order valence-electron chi connectivity index (χ3n) is 4.35. The number of carbonyl (C=O) groups excluding carboxylic acids is 1. The lowest BCUT2D eigenvalue weighted by molar-refractivity contribution is -0.141. The number of carbonyl (C=O) groups is 1. The van der Waals surface area contributed by atoms with Gasteiger partial charge in [0, 0.05) is 24.6 Å². The van der Waals surface area contributed by atoms with Gasteiger partial charge in [0.1, 0.15) is 5.75 Å². The van der Waals surface area contributed by atoms with Crippen molar-refractivity contribution in [2.24, 2.45) is 5.92 Å². The Bertz CT molecular complexity index is 523. The van der Waals surface area contributed by atoms with Gasteiger partial charge >= 0.3 is 0 Å². The summed E-state index contributed by atoms with van der Waals surface area (Å²) in [6.07, 6.45) is 7.23. The Morgan fingerprint density at radius 2 is 2.10 bits per heavy atom. The number of hydrogen-bond acceptors (Lipinski definition) is 2. The molecule has 0 saturated carbocycles. The molecule has 0 spiro atoms. The minimum absolute atomic E-state index is 0.130. The van der Waals surface area contributed by atoms with Crippen LogP contribution in [0.25, 0.3) is 0 Å². The Hall–Kier alpha value is -1.77. The van der Waals surface area contributed by atoms with Crippen LogP contribution in [0.2, 0.25) is 0 Å². The first-order valence-electron chi connectivity index (χ1n) is 8.02. The van der Waals surface area contributed by atoms with Gasteiger partial charge in [-0.25, -0.2) is 0 Å². The Balaban J connectivity index is 1.80. The molecule has 2 unspecified atom stereocenters. The first kappa shape index (κ1) is 14.2. The molecule has 21 heavy (non-hydrogen) atoms. The minimum atomic E-state index is -0.334. The first-order chi connectivity index (χ1) is 10.3. The fourth-order valence-corrected chi connectivity index (χ4v) is 3.38. The smallest absolute Gasteiger partial charge is 0.267 e. The first-order valence-corrected chi connectivity index (χ1v) is 8.02. The van der Waals surface area contributed by atoms with Crippen LogP contribution in [0.3, 0.4) is 0 Å². The fourth-order valence-electron chi connectivity index (χ4n) is 3.38. The molecule has 1 fully saturated rings. The number of likely N-dealkylation sites (tertiary alicyclic amines) is 1. The molecule has 112 valence electrons. The molecule has 3 heteroatoms. The summed E-state index contributed by atoms with van der Waals surface area (Å²) in [5.41, 5.74) is 1.25. The number of nitrogens with zero attached hydrogens (tertiary/aromatic N) is 1. The minimum Gasteiger partial charge on any atom is -0.481 e. The van der Waals surface area contributed by atoms with E-state index in [1.165, 1.54) is 18.5 Å². The molecule has 1 amide bonds. The number of rotatable bonds is 4. The van der Waals surface area contributed by atoms with Gasteiger partial charge in [-0.15, -0.1) is 0 Å². The third kappa shape index (κ3) is 2.97. The van der Waals surface area contributed by atoms with Gasteiger partial charge in [-0.2, -0.15) is 0 Å². The lowest BCUT2D eigenvalue weighted by atomic mass is 9.83. The summed E-state index contributed by atoms with van der Waals surface area (Å²) in [5.74, 6) is 1.40. The lowest BCUT2D eigenvalue weighted by Gasteiger charge is -2.41. The van der Waals surface area contributed by atoms with Crippen molar-refractivity contribution in [3.63, 3.8) is 0 Å². The van der Waals surface area contributed by atoms with E-state index in [2.05, 4.69) is 13.0 Å². The van der Waals surface area contributed by atoms with Crippen molar-refractivity contribution >= 4 is 5.91 Å². The third-order valence-corrected chi connectivity index (χ3v) is 4.35. The summed E-state index contributed by atoms with van der Waals surface area (Å²) in [7, 11) is 0. The molecule has 2 atom stereocenters. The van der Waals surface area contributed by atoms with E-state index >= 15 is 0 Å². The molecule has 1 aliphatic heterocycles. The number of para-hydroxylation sites is 1. The maximum Gasteiger partial charge on any atom is 0.267 e. The molecule has 1 aliphatic carbocycles. The molecule has 0 N–H and O–H groups in total. The van der Waals surface area contributed by atoms with E-state index in [0.717, 1.165) is 31.6 Å². The Morgan fingerprint density at radius 1 is 1.29 bits per heavy atom. The highest BCUT2D eigenvalue weighted by Gasteiger charge is 2.39. The predicted molar refractivity (Wildman–Crippen MR) is 82.9 cm³/mol. The highest BCUT2D eigenvalue weighted by Crippen LogP contribution is 2.37. The summed E-state index contributed by atoms with van der Waals surface area (Å²) < 4.78 is 5.97. The summed E-state index contributed by atoms with van der Waals surface area (Å²) in [5, 5.41) is 0. The molecule has 1 aromatic carbocycles. The van der Waals surface area contributed by atoms with E-state index in [0.29, 0.717) is 5.92 Å². The van der Waals surface area contributed by atoms with Crippen molar-refractivity contribution in [3.05, 3.63) is 42.1 Å². The van der Waals surface area contributed by atoms with Crippen LogP contribution in [0.1, 0.15) is 39.0 Å². The maximum atomic E-state index is 12.7. The van der Waals surface area contributed by atoms with Crippen molar-refractivity contribution in [1.82, 2.24) is 4.90 Å². The van der Waals surface area contributed by atoms with Gasteiger partial charge in [0.25, 0.3) is 5.91 Å². The normalized spacial score (nSPS) is 25.3. The fraction of sp³-hybridized carbons (Fsp3) is 0.500. The second kappa shape index (κ2) is 6.33. The zero-order valence-electron chi connectivity index (χ0n) is 12.6. The second-order valence-corrected chi connectivity index (χ2v) is 5.90. The monoisotopic (exact) mass is 285 g/mol. The van der Waals surface area contributed by atoms with Gasteiger partial charge < -0.3 is 9.64 Å². The summed E-state index contributed by atoms with van der Waals surface area (Å²) in [6.45, 7) is 2.92. The predicted octanol–water partition coefficient (Wildman–Crippen LogP) is 3.76. The van der Waals surface area contributed by atoms with E-state index < -0.39 is 0 Å². The van der Waals surface area contributed by atoms with E-state index in [-0.39, 0.29) is 12.0 Å². The van der Waals surface area contributed by atoms with Gasteiger partial charge in [-0.3, -0.25) is 4.79 Å². The molecule has 0 radical (unpaired) electrons. The van der Waals surface area contributed by atoms with E-state index in [1.54, 1.807) is 0 Å². The largest absolute Gasteiger partial charge is 0.481 e. The summed E-state index contributed by atoms with van der Waals surface area (Å²) in [4.78, 5) is 14.7. The number of allylic oxidation sites excluding steroid dienone is 2. The number of benzene rings is 1. The van der Waals surface area contributed by atoms with E-state index in [9.17, 15) is 4.79 Å². The second-order valence-electron chi connectivity index (χ2n) is 5.90. The van der Waals surface area contributed by atoms with Gasteiger partial charge in [-0.05, 0) is 37.8 Å². The molecule has 1 saturated heterocycles. The van der Waals surface area contributed by atoms with Gasteiger partial charge in [-0.1, -0.05) is 31.2 Å². The maximum absolute atomic E-state index is 12.7. The molecule has 0 bridgehead atoms. The zero-order valence-corrected chi connectivity index (χ0v) is 12.6. The van der Waals surface area contributed by atoms with E-state index in [1.807, 2.05) is 35.2 Å². The SMILES string of the molecule is CCCN1C(=O)C(Oc2ccccc2)CC2CCCC=C21. The number of ether oxygens (including phenoxy) is 1. The molecule has 3 rings (SSSR count). The van der Waals surface area contributed by atoms with Crippen LogP contribution in [0.15, 0.2) is 42.1 Å². The van der Waals surface area contributed by atoms with Crippen LogP contribution < -0.4 is 4.74 Å². The average molecular weight is 285 g/mol. The number of amides is 1. The Labute approximate surface area is 126 Å². The Kier molecular flexibility index (Phi) is 4.28. The zero-order chi connectivity index (χ0) is 14.7. The topological polar surface area (TPSA) is 29.5 Å². The molecule has 2 aliphatic rings. The summed E-state index contributed by atoms with van der Waals surface area (Å²) in [6, 6.07) is 9.69. The van der Waals surface area contributed by atoms with Crippen LogP contribution in [-0.2, 0) is 4.79 Å². The Morgan fingerprint density at radius 3 is 2.86 bits per heavy atom. The molecular formula is C18H23NO2. The molecule has 3 nitrogen and oxygen atoms in total. The molecule has 0 aromatic heterocycles. The van der Waals surface area contributed by atoms with Gasteiger partial charge in [0.15, 0.2) is 6.10 Å². The highest BCUT2D eigenvalue weighted by molar-refractivity contribution is 5.84. The standard InChI is InChI=1S/C18H23NO2/c1-2-12-19-16-11-7-6-8-14(16)13-17(18(19)20)21-15-9-4-3-5-10-15/h3-5,9-11,14,17H,2,6-8,12-13H2,1H3. The number of fused-ring (bicyclic) bond motifs is 1. The van der Waals surface area contributed by atoms with Gasteiger partial charge in [0.2, 0.25) is 0 Å². The van der Waals surface area contributed by atoms with E-state index in [4.69, 9.17) is 4.74 Å². The number of hydrogen-bond donors (Lipinski definition) is 0. The lowest BCUT2D eigenvalue weighted by Crippen LogP contribution is -2.49. The average Bonchev–Trinajstić information content (AvgIpc) is 2.52. The van der Waals surface area contributed by atoms with Crippen molar-refractivity contribution in [1.29, 1.82) is 0 Å². The van der Waals surface area contributed by atoms with Crippen LogP contribution in [-0.4, -0.2) is 23.5 Å². The molecular weight excluding hydrogens is 262 g/mol. The van der Waals surface area contributed by atoms with Gasteiger partial charge in [0.05, 0.1) is 0 Å².